The van der Waals surface area contributed by atoms with Gasteiger partial charge in [-0.1, -0.05) is 42.1 Å². The second-order valence-electron chi connectivity index (χ2n) is 6.35. The maximum absolute atomic E-state index is 10.9. The van der Waals surface area contributed by atoms with Crippen molar-refractivity contribution in [3.63, 3.8) is 0 Å². The van der Waals surface area contributed by atoms with Gasteiger partial charge in [0.1, 0.15) is 0 Å². The van der Waals surface area contributed by atoms with E-state index in [1.807, 2.05) is 0 Å². The zero-order valence-electron chi connectivity index (χ0n) is 13.4. The number of allylic oxidation sites excluding steroid dienone is 4. The Balaban J connectivity index is 2.71. The summed E-state index contributed by atoms with van der Waals surface area (Å²) in [7, 11) is 0. The molecule has 1 N–H and O–H groups in total. The summed E-state index contributed by atoms with van der Waals surface area (Å²) in [5.41, 5.74) is 4.26. The Morgan fingerprint density at radius 2 is 1.70 bits per heavy atom. The van der Waals surface area contributed by atoms with E-state index in [1.54, 1.807) is 0 Å². The highest BCUT2D eigenvalue weighted by atomic mass is 16.4. The molecule has 2 nitrogen and oxygen atoms in total. The van der Waals surface area contributed by atoms with Gasteiger partial charge < -0.3 is 5.11 Å². The van der Waals surface area contributed by atoms with Crippen molar-refractivity contribution in [3.05, 3.63) is 22.8 Å². The van der Waals surface area contributed by atoms with Gasteiger partial charge in [0.15, 0.2) is 0 Å². The summed E-state index contributed by atoms with van der Waals surface area (Å²) in [5, 5.41) is 8.96. The Bertz CT molecular complexity index is 367. The van der Waals surface area contributed by atoms with Crippen LogP contribution in [0.15, 0.2) is 22.8 Å². The number of hydrogen-bond acceptors (Lipinski definition) is 1. The van der Waals surface area contributed by atoms with Crippen LogP contribution in [-0.4, -0.2) is 11.1 Å². The lowest BCUT2D eigenvalue weighted by atomic mass is 9.79. The molecule has 114 valence electrons. The van der Waals surface area contributed by atoms with Crippen molar-refractivity contribution in [1.82, 2.24) is 0 Å². The number of aliphatic carboxylic acids is 1. The summed E-state index contributed by atoms with van der Waals surface area (Å²) in [6, 6.07) is 0. The molecule has 0 saturated heterocycles. The highest BCUT2D eigenvalue weighted by Crippen LogP contribution is 2.34. The molecule has 0 atom stereocenters. The summed E-state index contributed by atoms with van der Waals surface area (Å²) in [5.74, 6) is -0.0230. The quantitative estimate of drug-likeness (QED) is 0.625. The molecule has 0 amide bonds. The fourth-order valence-electron chi connectivity index (χ4n) is 3.20. The van der Waals surface area contributed by atoms with Crippen molar-refractivity contribution in [2.24, 2.45) is 5.92 Å². The molecule has 1 fully saturated rings. The van der Waals surface area contributed by atoms with Crippen molar-refractivity contribution in [2.45, 2.75) is 78.6 Å². The van der Waals surface area contributed by atoms with Crippen LogP contribution in [0.25, 0.3) is 0 Å². The van der Waals surface area contributed by atoms with Gasteiger partial charge in [0.25, 0.3) is 0 Å². The molecule has 0 aliphatic heterocycles. The summed E-state index contributed by atoms with van der Waals surface area (Å²) in [6.45, 7) is 6.47. The van der Waals surface area contributed by atoms with E-state index in [2.05, 4.69) is 26.8 Å². The predicted octanol–water partition coefficient (Wildman–Crippen LogP) is 5.49. The highest BCUT2D eigenvalue weighted by Gasteiger charge is 2.20. The molecule has 2 heteroatoms. The van der Waals surface area contributed by atoms with Crippen molar-refractivity contribution in [2.75, 3.05) is 0 Å². The molecule has 0 spiro atoms. The van der Waals surface area contributed by atoms with Crippen LogP contribution >= 0.6 is 0 Å². The van der Waals surface area contributed by atoms with Gasteiger partial charge >= 0.3 is 5.97 Å². The van der Waals surface area contributed by atoms with Gasteiger partial charge in [0, 0.05) is 6.42 Å². The number of carboxylic acids is 1. The molecule has 1 rings (SSSR count). The molecule has 1 aliphatic rings. The number of carboxylic acid groups (broad SMARTS) is 1. The standard InChI is InChI=1S/C18H30O2/c1-14(2)8-7-9-15(3)17(12-13-18(19)20)16-10-5-4-6-11-16/h8,16H,4-7,9-13H2,1-3H3,(H,19,20)/b17-15-. The largest absolute Gasteiger partial charge is 0.481 e. The third-order valence-electron chi connectivity index (χ3n) is 4.33. The Labute approximate surface area is 124 Å². The molecule has 0 aromatic carbocycles. The molecule has 1 aliphatic carbocycles. The minimum Gasteiger partial charge on any atom is -0.481 e. The SMILES string of the molecule is CC(C)=CCC/C(C)=C(/CCC(=O)O)C1CCCCC1. The molecule has 0 aromatic rings. The minimum absolute atomic E-state index is 0.284. The van der Waals surface area contributed by atoms with E-state index in [1.165, 1.54) is 48.8 Å². The second-order valence-corrected chi connectivity index (χ2v) is 6.35. The van der Waals surface area contributed by atoms with Crippen LogP contribution in [0.2, 0.25) is 0 Å². The van der Waals surface area contributed by atoms with Crippen LogP contribution in [0.3, 0.4) is 0 Å². The van der Waals surface area contributed by atoms with E-state index in [0.717, 1.165) is 19.3 Å². The maximum atomic E-state index is 10.9. The molecular weight excluding hydrogens is 248 g/mol. The third-order valence-corrected chi connectivity index (χ3v) is 4.33. The van der Waals surface area contributed by atoms with E-state index in [0.29, 0.717) is 5.92 Å². The molecule has 0 bridgehead atoms. The lowest BCUT2D eigenvalue weighted by molar-refractivity contribution is -0.137. The van der Waals surface area contributed by atoms with Crippen molar-refractivity contribution < 1.29 is 9.90 Å². The summed E-state index contributed by atoms with van der Waals surface area (Å²) < 4.78 is 0. The van der Waals surface area contributed by atoms with E-state index in [9.17, 15) is 4.79 Å². The summed E-state index contributed by atoms with van der Waals surface area (Å²) in [4.78, 5) is 10.9. The monoisotopic (exact) mass is 278 g/mol. The van der Waals surface area contributed by atoms with E-state index in [4.69, 9.17) is 5.11 Å². The first-order valence-corrected chi connectivity index (χ1v) is 8.04. The molecule has 0 heterocycles. The van der Waals surface area contributed by atoms with Crippen LogP contribution < -0.4 is 0 Å². The van der Waals surface area contributed by atoms with Gasteiger partial charge in [-0.3, -0.25) is 4.79 Å². The number of carbonyl (C=O) groups is 1. The molecule has 0 aromatic heterocycles. The van der Waals surface area contributed by atoms with Crippen molar-refractivity contribution in [3.8, 4) is 0 Å². The number of rotatable bonds is 7. The predicted molar refractivity (Wildman–Crippen MR) is 84.8 cm³/mol. The Hall–Kier alpha value is -1.05. The first-order chi connectivity index (χ1) is 9.50. The van der Waals surface area contributed by atoms with Gasteiger partial charge in [-0.2, -0.15) is 0 Å². The van der Waals surface area contributed by atoms with Gasteiger partial charge in [-0.05, 0) is 58.8 Å². The first-order valence-electron chi connectivity index (χ1n) is 8.04. The average Bonchev–Trinajstić information content (AvgIpc) is 2.39. The van der Waals surface area contributed by atoms with Crippen LogP contribution in [0.5, 0.6) is 0 Å². The maximum Gasteiger partial charge on any atom is 0.303 e. The fraction of sp³-hybridized carbons (Fsp3) is 0.722. The zero-order chi connectivity index (χ0) is 15.0. The van der Waals surface area contributed by atoms with Crippen LogP contribution in [0.1, 0.15) is 78.6 Å². The lowest BCUT2D eigenvalue weighted by Gasteiger charge is -2.26. The summed E-state index contributed by atoms with van der Waals surface area (Å²) >= 11 is 0. The fourth-order valence-corrected chi connectivity index (χ4v) is 3.20. The lowest BCUT2D eigenvalue weighted by Crippen LogP contribution is -2.12. The molecule has 0 unspecified atom stereocenters. The Morgan fingerprint density at radius 1 is 1.05 bits per heavy atom. The molecule has 20 heavy (non-hydrogen) atoms. The van der Waals surface area contributed by atoms with Crippen LogP contribution in [0, 0.1) is 5.92 Å². The summed E-state index contributed by atoms with van der Waals surface area (Å²) in [6.07, 6.45) is 12.0. The topological polar surface area (TPSA) is 37.3 Å². The minimum atomic E-state index is -0.671. The molecular formula is C18H30O2. The van der Waals surface area contributed by atoms with Crippen LogP contribution in [-0.2, 0) is 4.79 Å². The van der Waals surface area contributed by atoms with Crippen molar-refractivity contribution in [1.29, 1.82) is 0 Å². The zero-order valence-corrected chi connectivity index (χ0v) is 13.4. The van der Waals surface area contributed by atoms with E-state index in [-0.39, 0.29) is 6.42 Å². The van der Waals surface area contributed by atoms with Crippen molar-refractivity contribution >= 4 is 5.97 Å². The normalized spacial score (nSPS) is 17.6. The molecule has 0 radical (unpaired) electrons. The first kappa shape index (κ1) is 17.0. The van der Waals surface area contributed by atoms with Gasteiger partial charge in [0.05, 0.1) is 0 Å². The smallest absolute Gasteiger partial charge is 0.303 e. The van der Waals surface area contributed by atoms with E-state index >= 15 is 0 Å². The molecule has 1 saturated carbocycles. The van der Waals surface area contributed by atoms with Crippen LogP contribution in [0.4, 0.5) is 0 Å². The Morgan fingerprint density at radius 3 is 2.25 bits per heavy atom. The second kappa shape index (κ2) is 8.99. The van der Waals surface area contributed by atoms with Gasteiger partial charge in [-0.15, -0.1) is 0 Å². The van der Waals surface area contributed by atoms with E-state index < -0.39 is 5.97 Å². The number of hydrogen-bond donors (Lipinski definition) is 1. The van der Waals surface area contributed by atoms with Gasteiger partial charge in [-0.25, -0.2) is 0 Å². The average molecular weight is 278 g/mol. The third kappa shape index (κ3) is 6.40. The highest BCUT2D eigenvalue weighted by molar-refractivity contribution is 5.67. The Kier molecular flexibility index (Phi) is 7.64. The van der Waals surface area contributed by atoms with Gasteiger partial charge in [0.2, 0.25) is 0 Å².